The first-order valence-electron chi connectivity index (χ1n) is 12.1. The number of nitrogens with one attached hydrogen (secondary N) is 1. The predicted molar refractivity (Wildman–Crippen MR) is 150 cm³/mol. The van der Waals surface area contributed by atoms with Crippen LogP contribution in [0.1, 0.15) is 50.2 Å². The number of anilines is 1. The minimum atomic E-state index is -3.84. The maximum absolute atomic E-state index is 13.7. The van der Waals surface area contributed by atoms with Gasteiger partial charge in [0.2, 0.25) is 21.8 Å². The molecule has 0 saturated heterocycles. The Morgan fingerprint density at radius 2 is 1.68 bits per heavy atom. The largest absolute Gasteiger partial charge is 0.352 e. The quantitative estimate of drug-likeness (QED) is 0.414. The van der Waals surface area contributed by atoms with Gasteiger partial charge < -0.3 is 10.2 Å². The van der Waals surface area contributed by atoms with Crippen molar-refractivity contribution in [1.82, 2.24) is 10.2 Å². The van der Waals surface area contributed by atoms with Crippen LogP contribution in [0, 0.1) is 6.92 Å². The third-order valence-electron chi connectivity index (χ3n) is 6.58. The molecule has 3 rings (SSSR count). The zero-order chi connectivity index (χ0) is 27.3. The Hall–Kier alpha value is -2.00. The van der Waals surface area contributed by atoms with Gasteiger partial charge in [-0.3, -0.25) is 13.9 Å². The zero-order valence-corrected chi connectivity index (χ0v) is 24.2. The lowest BCUT2D eigenvalue weighted by Gasteiger charge is -2.33. The van der Waals surface area contributed by atoms with E-state index in [-0.39, 0.29) is 24.2 Å². The van der Waals surface area contributed by atoms with E-state index in [1.807, 2.05) is 0 Å². The Kier molecular flexibility index (Phi) is 10.1. The molecule has 1 atom stereocenters. The van der Waals surface area contributed by atoms with Crippen molar-refractivity contribution in [3.8, 4) is 0 Å². The van der Waals surface area contributed by atoms with Crippen molar-refractivity contribution >= 4 is 62.3 Å². The van der Waals surface area contributed by atoms with Gasteiger partial charge in [-0.15, -0.1) is 0 Å². The number of nitrogens with zero attached hydrogens (tertiary/aromatic N) is 2. The Morgan fingerprint density at radius 1 is 1.00 bits per heavy atom. The highest BCUT2D eigenvalue weighted by molar-refractivity contribution is 7.92. The Balaban J connectivity index is 1.90. The molecular weight excluding hydrogens is 557 g/mol. The highest BCUT2D eigenvalue weighted by atomic mass is 35.5. The van der Waals surface area contributed by atoms with Crippen molar-refractivity contribution in [2.75, 3.05) is 17.1 Å². The topological polar surface area (TPSA) is 86.8 Å². The summed E-state index contributed by atoms with van der Waals surface area (Å²) in [6.07, 6.45) is 6.07. The molecule has 1 saturated carbocycles. The van der Waals surface area contributed by atoms with Crippen LogP contribution in [0.25, 0.3) is 0 Å². The molecule has 0 bridgehead atoms. The summed E-state index contributed by atoms with van der Waals surface area (Å²) in [5.74, 6) is -0.830. The maximum atomic E-state index is 13.7. The number of carbonyl (C=O) groups excluding carboxylic acids is 2. The lowest BCUT2D eigenvalue weighted by atomic mass is 9.95. The van der Waals surface area contributed by atoms with E-state index in [0.717, 1.165) is 48.2 Å². The summed E-state index contributed by atoms with van der Waals surface area (Å²) >= 11 is 18.5. The highest BCUT2D eigenvalue weighted by Gasteiger charge is 2.31. The molecule has 1 aliphatic carbocycles. The van der Waals surface area contributed by atoms with E-state index in [9.17, 15) is 18.0 Å². The van der Waals surface area contributed by atoms with E-state index >= 15 is 0 Å². The van der Waals surface area contributed by atoms with Crippen LogP contribution in [0.15, 0.2) is 36.4 Å². The van der Waals surface area contributed by atoms with E-state index in [1.54, 1.807) is 44.2 Å². The van der Waals surface area contributed by atoms with Crippen molar-refractivity contribution < 1.29 is 18.0 Å². The van der Waals surface area contributed by atoms with Gasteiger partial charge in [-0.25, -0.2) is 8.42 Å². The first kappa shape index (κ1) is 29.6. The number of halogens is 3. The molecule has 0 aliphatic heterocycles. The van der Waals surface area contributed by atoms with Crippen molar-refractivity contribution in [2.45, 2.75) is 64.6 Å². The van der Waals surface area contributed by atoms with Gasteiger partial charge in [-0.05, 0) is 62.1 Å². The van der Waals surface area contributed by atoms with E-state index in [2.05, 4.69) is 5.32 Å². The average molecular weight is 589 g/mol. The van der Waals surface area contributed by atoms with Crippen LogP contribution in [-0.4, -0.2) is 50.0 Å². The van der Waals surface area contributed by atoms with Gasteiger partial charge in [0.15, 0.2) is 0 Å². The molecule has 7 nitrogen and oxygen atoms in total. The summed E-state index contributed by atoms with van der Waals surface area (Å²) < 4.78 is 26.4. The fourth-order valence-corrected chi connectivity index (χ4v) is 5.67. The monoisotopic (exact) mass is 587 g/mol. The Labute approximate surface area is 234 Å². The molecule has 0 aromatic heterocycles. The number of rotatable bonds is 9. The molecule has 0 spiro atoms. The molecule has 0 heterocycles. The van der Waals surface area contributed by atoms with Gasteiger partial charge in [-0.2, -0.15) is 0 Å². The highest BCUT2D eigenvalue weighted by Crippen LogP contribution is 2.27. The number of hydrogen-bond donors (Lipinski definition) is 1. The van der Waals surface area contributed by atoms with Crippen molar-refractivity contribution in [1.29, 1.82) is 0 Å². The molecule has 202 valence electrons. The first-order valence-corrected chi connectivity index (χ1v) is 15.1. The van der Waals surface area contributed by atoms with E-state index in [4.69, 9.17) is 34.8 Å². The molecule has 0 unspecified atom stereocenters. The standard InChI is InChI=1S/C26H32Cl3N3O4S/c1-17-9-11-21(14-23(17)28)32(37(3,35)36)16-25(33)31(15-19-10-12-22(27)24(29)13-19)18(2)26(34)30-20-7-5-4-6-8-20/h9-14,18,20H,4-8,15-16H2,1-3H3,(H,30,34)/t18-/m1/s1. The number of aryl methyl sites for hydroxylation is 1. The number of hydrogen-bond acceptors (Lipinski definition) is 4. The van der Waals surface area contributed by atoms with Gasteiger partial charge in [0.1, 0.15) is 12.6 Å². The second-order valence-electron chi connectivity index (χ2n) is 9.49. The number of amides is 2. The van der Waals surface area contributed by atoms with Crippen LogP contribution in [0.4, 0.5) is 5.69 Å². The van der Waals surface area contributed by atoms with Crippen LogP contribution >= 0.6 is 34.8 Å². The lowest BCUT2D eigenvalue weighted by molar-refractivity contribution is -0.139. The smallest absolute Gasteiger partial charge is 0.244 e. The lowest BCUT2D eigenvalue weighted by Crippen LogP contribution is -2.53. The van der Waals surface area contributed by atoms with Gasteiger partial charge in [0, 0.05) is 17.6 Å². The normalized spacial score (nSPS) is 15.2. The maximum Gasteiger partial charge on any atom is 0.244 e. The number of sulfonamides is 1. The SMILES string of the molecule is Cc1ccc(N(CC(=O)N(Cc2ccc(Cl)c(Cl)c2)[C@H](C)C(=O)NC2CCCCC2)S(C)(=O)=O)cc1Cl. The number of benzene rings is 2. The van der Waals surface area contributed by atoms with Gasteiger partial charge in [0.05, 0.1) is 22.0 Å². The number of carbonyl (C=O) groups is 2. The molecule has 2 aromatic rings. The van der Waals surface area contributed by atoms with Crippen LogP contribution in [0.3, 0.4) is 0 Å². The molecule has 11 heteroatoms. The van der Waals surface area contributed by atoms with E-state index in [0.29, 0.717) is 20.6 Å². The summed E-state index contributed by atoms with van der Waals surface area (Å²) in [5, 5.41) is 4.12. The van der Waals surface area contributed by atoms with Crippen molar-refractivity contribution in [2.24, 2.45) is 0 Å². The molecule has 1 fully saturated rings. The zero-order valence-electron chi connectivity index (χ0n) is 21.1. The van der Waals surface area contributed by atoms with E-state index in [1.165, 1.54) is 11.0 Å². The third kappa shape index (κ3) is 7.99. The van der Waals surface area contributed by atoms with Crippen LogP contribution in [0.2, 0.25) is 15.1 Å². The van der Waals surface area contributed by atoms with Gasteiger partial charge in [0.25, 0.3) is 0 Å². The average Bonchev–Trinajstić information content (AvgIpc) is 2.84. The minimum absolute atomic E-state index is 0.0429. The summed E-state index contributed by atoms with van der Waals surface area (Å²) in [5.41, 5.74) is 1.70. The van der Waals surface area contributed by atoms with Gasteiger partial charge in [-0.1, -0.05) is 66.2 Å². The molecule has 2 amide bonds. The molecule has 1 N–H and O–H groups in total. The molecular formula is C26H32Cl3N3O4S. The summed E-state index contributed by atoms with van der Waals surface area (Å²) in [4.78, 5) is 28.2. The predicted octanol–water partition coefficient (Wildman–Crippen LogP) is 5.59. The van der Waals surface area contributed by atoms with Crippen LogP contribution in [0.5, 0.6) is 0 Å². The fraction of sp³-hybridized carbons (Fsp3) is 0.462. The molecule has 37 heavy (non-hydrogen) atoms. The van der Waals surface area contributed by atoms with Crippen molar-refractivity contribution in [3.63, 3.8) is 0 Å². The fourth-order valence-electron chi connectivity index (χ4n) is 4.34. The first-order chi connectivity index (χ1) is 17.4. The van der Waals surface area contributed by atoms with Gasteiger partial charge >= 0.3 is 0 Å². The third-order valence-corrected chi connectivity index (χ3v) is 8.87. The summed E-state index contributed by atoms with van der Waals surface area (Å²) in [6.45, 7) is 2.98. The summed E-state index contributed by atoms with van der Waals surface area (Å²) in [7, 11) is -3.84. The van der Waals surface area contributed by atoms with Crippen molar-refractivity contribution in [3.05, 3.63) is 62.6 Å². The van der Waals surface area contributed by atoms with Crippen LogP contribution < -0.4 is 9.62 Å². The van der Waals surface area contributed by atoms with Crippen LogP contribution in [-0.2, 0) is 26.2 Å². The molecule has 2 aromatic carbocycles. The minimum Gasteiger partial charge on any atom is -0.352 e. The molecule has 0 radical (unpaired) electrons. The molecule has 1 aliphatic rings. The second kappa shape index (κ2) is 12.7. The second-order valence-corrected chi connectivity index (χ2v) is 12.6. The Morgan fingerprint density at radius 3 is 2.27 bits per heavy atom. The van der Waals surface area contributed by atoms with E-state index < -0.39 is 28.5 Å². The summed E-state index contributed by atoms with van der Waals surface area (Å²) in [6, 6.07) is 8.96. The Bertz CT molecular complexity index is 1250.